The summed E-state index contributed by atoms with van der Waals surface area (Å²) in [7, 11) is -3.13. The molecular formula is C20H34N4O2S. The lowest BCUT2D eigenvalue weighted by Gasteiger charge is -2.25. The van der Waals surface area contributed by atoms with Crippen molar-refractivity contribution >= 4 is 15.8 Å². The summed E-state index contributed by atoms with van der Waals surface area (Å²) in [6.07, 6.45) is 5.77. The van der Waals surface area contributed by atoms with E-state index in [0.717, 1.165) is 44.0 Å². The van der Waals surface area contributed by atoms with Gasteiger partial charge in [-0.2, -0.15) is 0 Å². The molecule has 1 aliphatic heterocycles. The van der Waals surface area contributed by atoms with E-state index >= 15 is 0 Å². The van der Waals surface area contributed by atoms with Crippen LogP contribution in [0.25, 0.3) is 0 Å². The number of nitrogens with one attached hydrogen (secondary N) is 2. The summed E-state index contributed by atoms with van der Waals surface area (Å²) in [6.45, 7) is 9.09. The Morgan fingerprint density at radius 2 is 1.81 bits per heavy atom. The van der Waals surface area contributed by atoms with Crippen LogP contribution in [0.1, 0.15) is 38.7 Å². The van der Waals surface area contributed by atoms with Crippen LogP contribution in [-0.2, 0) is 16.3 Å². The summed E-state index contributed by atoms with van der Waals surface area (Å²) in [5.74, 6) is 0.850. The minimum Gasteiger partial charge on any atom is -0.357 e. The molecule has 0 bridgehead atoms. The van der Waals surface area contributed by atoms with Gasteiger partial charge in [0.15, 0.2) is 15.8 Å². The van der Waals surface area contributed by atoms with Crippen molar-refractivity contribution in [1.29, 1.82) is 0 Å². The van der Waals surface area contributed by atoms with Gasteiger partial charge in [-0.1, -0.05) is 19.1 Å². The van der Waals surface area contributed by atoms with Crippen molar-refractivity contribution in [2.45, 2.75) is 50.5 Å². The summed E-state index contributed by atoms with van der Waals surface area (Å²) >= 11 is 0. The molecule has 0 amide bonds. The van der Waals surface area contributed by atoms with E-state index < -0.39 is 9.84 Å². The third-order valence-electron chi connectivity index (χ3n) is 4.99. The number of guanidine groups is 1. The van der Waals surface area contributed by atoms with Gasteiger partial charge in [0.25, 0.3) is 0 Å². The average Bonchev–Trinajstić information content (AvgIpc) is 3.16. The first-order valence-electron chi connectivity index (χ1n) is 9.99. The Hall–Kier alpha value is -1.60. The number of rotatable bonds is 9. The second-order valence-corrected chi connectivity index (χ2v) is 9.13. The molecule has 0 saturated carbocycles. The number of hydrogen-bond donors (Lipinski definition) is 2. The Kier molecular flexibility index (Phi) is 8.57. The fourth-order valence-electron chi connectivity index (χ4n) is 3.38. The molecule has 1 saturated heterocycles. The van der Waals surface area contributed by atoms with Gasteiger partial charge in [0.2, 0.25) is 0 Å². The Balaban J connectivity index is 1.86. The van der Waals surface area contributed by atoms with Crippen LogP contribution in [0.15, 0.2) is 34.2 Å². The molecule has 27 heavy (non-hydrogen) atoms. The number of sulfone groups is 1. The minimum absolute atomic E-state index is 0.363. The molecule has 0 spiro atoms. The molecule has 1 heterocycles. The monoisotopic (exact) mass is 394 g/mol. The highest BCUT2D eigenvalue weighted by Crippen LogP contribution is 2.14. The highest BCUT2D eigenvalue weighted by atomic mass is 32.2. The van der Waals surface area contributed by atoms with Gasteiger partial charge in [0.05, 0.1) is 11.4 Å². The predicted octanol–water partition coefficient (Wildman–Crippen LogP) is 2.06. The molecule has 0 radical (unpaired) electrons. The van der Waals surface area contributed by atoms with E-state index in [0.29, 0.717) is 10.9 Å². The number of nitrogens with zero attached hydrogens (tertiary/aromatic N) is 2. The van der Waals surface area contributed by atoms with E-state index in [4.69, 9.17) is 4.99 Å². The third kappa shape index (κ3) is 7.14. The van der Waals surface area contributed by atoms with Crippen molar-refractivity contribution in [2.75, 3.05) is 39.0 Å². The summed E-state index contributed by atoms with van der Waals surface area (Å²) in [5, 5.41) is 6.70. The molecule has 0 aromatic heterocycles. The maximum absolute atomic E-state index is 11.5. The summed E-state index contributed by atoms with van der Waals surface area (Å²) in [4.78, 5) is 7.69. The van der Waals surface area contributed by atoms with E-state index in [9.17, 15) is 8.42 Å². The zero-order valence-corrected chi connectivity index (χ0v) is 17.7. The zero-order chi connectivity index (χ0) is 19.7. The molecule has 1 aromatic carbocycles. The first-order valence-corrected chi connectivity index (χ1v) is 11.9. The Labute approximate surface area is 164 Å². The Morgan fingerprint density at radius 1 is 1.15 bits per heavy atom. The standard InChI is InChI=1S/C20H34N4O2S/c1-4-18(24-14-6-7-15-24)16-23-20(21-5-2)22-13-12-17-8-10-19(11-9-17)27(3,25)26/h8-11,18H,4-7,12-16H2,1-3H3,(H2,21,22,23). The lowest BCUT2D eigenvalue weighted by Crippen LogP contribution is -2.40. The van der Waals surface area contributed by atoms with Crippen LogP contribution in [-0.4, -0.2) is 64.3 Å². The van der Waals surface area contributed by atoms with E-state index in [1.807, 2.05) is 12.1 Å². The van der Waals surface area contributed by atoms with Gasteiger partial charge in [-0.3, -0.25) is 9.89 Å². The highest BCUT2D eigenvalue weighted by Gasteiger charge is 2.20. The topological polar surface area (TPSA) is 73.8 Å². The van der Waals surface area contributed by atoms with Crippen molar-refractivity contribution in [3.05, 3.63) is 29.8 Å². The number of hydrogen-bond acceptors (Lipinski definition) is 4. The van der Waals surface area contributed by atoms with Crippen LogP contribution in [0.5, 0.6) is 0 Å². The molecule has 1 aliphatic rings. The van der Waals surface area contributed by atoms with Crippen molar-refractivity contribution in [1.82, 2.24) is 15.5 Å². The van der Waals surface area contributed by atoms with Crippen molar-refractivity contribution in [3.8, 4) is 0 Å². The second kappa shape index (κ2) is 10.7. The molecule has 0 aliphatic carbocycles. The SMILES string of the molecule is CCNC(=NCC(CC)N1CCCC1)NCCc1ccc(S(C)(=O)=O)cc1. The lowest BCUT2D eigenvalue weighted by molar-refractivity contribution is 0.242. The molecular weight excluding hydrogens is 360 g/mol. The van der Waals surface area contributed by atoms with Gasteiger partial charge in [0, 0.05) is 25.4 Å². The van der Waals surface area contributed by atoms with Crippen LogP contribution in [0.3, 0.4) is 0 Å². The van der Waals surface area contributed by atoms with Crippen molar-refractivity contribution in [3.63, 3.8) is 0 Å². The normalized spacial score (nSPS) is 17.1. The van der Waals surface area contributed by atoms with Crippen LogP contribution in [0.2, 0.25) is 0 Å². The van der Waals surface area contributed by atoms with Gasteiger partial charge >= 0.3 is 0 Å². The molecule has 1 atom stereocenters. The van der Waals surface area contributed by atoms with Crippen molar-refractivity contribution < 1.29 is 8.42 Å². The third-order valence-corrected chi connectivity index (χ3v) is 6.12. The van der Waals surface area contributed by atoms with Gasteiger partial charge < -0.3 is 10.6 Å². The summed E-state index contributed by atoms with van der Waals surface area (Å²) in [5.41, 5.74) is 1.11. The Morgan fingerprint density at radius 3 is 2.37 bits per heavy atom. The quantitative estimate of drug-likeness (QED) is 0.495. The molecule has 1 fully saturated rings. The van der Waals surface area contributed by atoms with Gasteiger partial charge in [-0.25, -0.2) is 8.42 Å². The molecule has 7 heteroatoms. The molecule has 6 nitrogen and oxygen atoms in total. The van der Waals surface area contributed by atoms with Crippen LogP contribution < -0.4 is 10.6 Å². The number of aliphatic imine (C=N–C) groups is 1. The molecule has 1 aromatic rings. The minimum atomic E-state index is -3.13. The Bertz CT molecular complexity index is 695. The zero-order valence-electron chi connectivity index (χ0n) is 16.9. The predicted molar refractivity (Wildman–Crippen MR) is 112 cm³/mol. The largest absolute Gasteiger partial charge is 0.357 e. The second-order valence-electron chi connectivity index (χ2n) is 7.12. The molecule has 2 N–H and O–H groups in total. The summed E-state index contributed by atoms with van der Waals surface area (Å²) in [6, 6.07) is 7.62. The van der Waals surface area contributed by atoms with E-state index in [2.05, 4.69) is 29.4 Å². The first-order chi connectivity index (χ1) is 12.9. The van der Waals surface area contributed by atoms with E-state index in [1.54, 1.807) is 12.1 Å². The fourth-order valence-corrected chi connectivity index (χ4v) is 4.01. The average molecular weight is 395 g/mol. The van der Waals surface area contributed by atoms with Crippen molar-refractivity contribution in [2.24, 2.45) is 4.99 Å². The fraction of sp³-hybridized carbons (Fsp3) is 0.650. The van der Waals surface area contributed by atoms with Crippen LogP contribution in [0, 0.1) is 0 Å². The summed E-state index contributed by atoms with van der Waals surface area (Å²) < 4.78 is 23.1. The van der Waals surface area contributed by atoms with Gasteiger partial charge in [-0.05, 0) is 63.4 Å². The molecule has 152 valence electrons. The first kappa shape index (κ1) is 21.7. The van der Waals surface area contributed by atoms with Gasteiger partial charge in [-0.15, -0.1) is 0 Å². The van der Waals surface area contributed by atoms with Crippen LogP contribution in [0.4, 0.5) is 0 Å². The smallest absolute Gasteiger partial charge is 0.191 e. The van der Waals surface area contributed by atoms with Gasteiger partial charge in [0.1, 0.15) is 0 Å². The van der Waals surface area contributed by atoms with E-state index in [-0.39, 0.29) is 0 Å². The number of likely N-dealkylation sites (tertiary alicyclic amines) is 1. The number of benzene rings is 1. The highest BCUT2D eigenvalue weighted by molar-refractivity contribution is 7.90. The lowest BCUT2D eigenvalue weighted by atomic mass is 10.1. The maximum atomic E-state index is 11.5. The molecule has 2 rings (SSSR count). The van der Waals surface area contributed by atoms with Crippen LogP contribution >= 0.6 is 0 Å². The molecule has 1 unspecified atom stereocenters. The van der Waals surface area contributed by atoms with E-state index in [1.165, 1.54) is 32.2 Å². The maximum Gasteiger partial charge on any atom is 0.191 e.